The molecule has 0 amide bonds. The molecule has 0 bridgehead atoms. The Labute approximate surface area is 125 Å². The van der Waals surface area contributed by atoms with Gasteiger partial charge in [0, 0.05) is 23.8 Å². The lowest BCUT2D eigenvalue weighted by molar-refractivity contribution is 1.05. The molecular weight excluding hydrogens is 290 g/mol. The number of aromatic amines is 1. The number of rotatable bonds is 5. The van der Waals surface area contributed by atoms with Crippen molar-refractivity contribution in [2.75, 3.05) is 11.9 Å². The molecule has 0 aliphatic rings. The van der Waals surface area contributed by atoms with Crippen LogP contribution in [0.2, 0.25) is 0 Å². The summed E-state index contributed by atoms with van der Waals surface area (Å²) in [7, 11) is 0. The van der Waals surface area contributed by atoms with Gasteiger partial charge in [0.1, 0.15) is 10.7 Å². The van der Waals surface area contributed by atoms with Crippen LogP contribution in [0, 0.1) is 6.92 Å². The average Bonchev–Trinajstić information content (AvgIpc) is 3.02. The molecule has 5 nitrogen and oxygen atoms in total. The molecule has 0 saturated carbocycles. The summed E-state index contributed by atoms with van der Waals surface area (Å²) in [5, 5.41) is 9.40. The Morgan fingerprint density at radius 2 is 2.30 bits per heavy atom. The zero-order valence-electron chi connectivity index (χ0n) is 11.3. The summed E-state index contributed by atoms with van der Waals surface area (Å²) in [5.74, 6) is 0.762. The molecule has 0 aliphatic heterocycles. The first-order chi connectivity index (χ1) is 9.76. The van der Waals surface area contributed by atoms with E-state index in [2.05, 4.69) is 50.9 Å². The molecule has 0 spiro atoms. The van der Waals surface area contributed by atoms with Crippen LogP contribution in [0.25, 0.3) is 11.0 Å². The number of imidazole rings is 1. The van der Waals surface area contributed by atoms with Crippen molar-refractivity contribution in [1.29, 1.82) is 0 Å². The Balaban J connectivity index is 1.74. The fourth-order valence-corrected chi connectivity index (χ4v) is 3.46. The molecule has 0 fully saturated rings. The quantitative estimate of drug-likeness (QED) is 0.707. The molecule has 0 aliphatic carbocycles. The van der Waals surface area contributed by atoms with Crippen LogP contribution in [-0.2, 0) is 5.75 Å². The highest BCUT2D eigenvalue weighted by Gasteiger charge is 2.09. The van der Waals surface area contributed by atoms with Crippen molar-refractivity contribution in [2.24, 2.45) is 0 Å². The van der Waals surface area contributed by atoms with Crippen LogP contribution in [0.3, 0.4) is 0 Å². The fourth-order valence-electron chi connectivity index (χ4n) is 1.90. The number of nitrogens with one attached hydrogen (secondary N) is 2. The first-order valence-electron chi connectivity index (χ1n) is 6.40. The van der Waals surface area contributed by atoms with E-state index in [0.29, 0.717) is 0 Å². The van der Waals surface area contributed by atoms with Crippen molar-refractivity contribution in [2.45, 2.75) is 24.8 Å². The highest BCUT2D eigenvalue weighted by atomic mass is 32.2. The summed E-state index contributed by atoms with van der Waals surface area (Å²) < 4.78 is 3.99. The Kier molecular flexibility index (Phi) is 3.88. The SMILES string of the molecule is CCNc1snnc1CSc1nc2ccc(C)cc2[nH]1. The minimum atomic E-state index is 0.762. The second kappa shape index (κ2) is 5.80. The maximum atomic E-state index is 4.57. The third kappa shape index (κ3) is 2.78. The van der Waals surface area contributed by atoms with Gasteiger partial charge in [-0.15, -0.1) is 5.10 Å². The van der Waals surface area contributed by atoms with E-state index in [1.54, 1.807) is 11.8 Å². The number of aromatic nitrogens is 4. The standard InChI is InChI=1S/C13H15N5S2/c1-3-14-12-11(17-18-20-12)7-19-13-15-9-5-4-8(2)6-10(9)16-13/h4-6,14H,3,7H2,1-2H3,(H,15,16). The van der Waals surface area contributed by atoms with Gasteiger partial charge in [0.05, 0.1) is 11.0 Å². The van der Waals surface area contributed by atoms with Gasteiger partial charge >= 0.3 is 0 Å². The highest BCUT2D eigenvalue weighted by Crippen LogP contribution is 2.27. The monoisotopic (exact) mass is 305 g/mol. The number of benzene rings is 1. The third-order valence-electron chi connectivity index (χ3n) is 2.85. The van der Waals surface area contributed by atoms with Gasteiger partial charge in [0.2, 0.25) is 0 Å². The van der Waals surface area contributed by atoms with Crippen molar-refractivity contribution in [1.82, 2.24) is 19.6 Å². The van der Waals surface area contributed by atoms with E-state index in [-0.39, 0.29) is 0 Å². The predicted octanol–water partition coefficient (Wildman–Crippen LogP) is 3.45. The van der Waals surface area contributed by atoms with Gasteiger partial charge in [0.15, 0.2) is 5.16 Å². The predicted molar refractivity (Wildman–Crippen MR) is 84.5 cm³/mol. The van der Waals surface area contributed by atoms with Crippen LogP contribution < -0.4 is 5.32 Å². The van der Waals surface area contributed by atoms with Crippen LogP contribution >= 0.6 is 23.3 Å². The van der Waals surface area contributed by atoms with Crippen LogP contribution in [0.5, 0.6) is 0 Å². The Morgan fingerprint density at radius 1 is 1.40 bits per heavy atom. The van der Waals surface area contributed by atoms with Crippen LogP contribution in [0.1, 0.15) is 18.2 Å². The number of aryl methyl sites for hydroxylation is 1. The molecule has 2 aromatic heterocycles. The van der Waals surface area contributed by atoms with Gasteiger partial charge in [-0.3, -0.25) is 0 Å². The van der Waals surface area contributed by atoms with E-state index in [1.807, 2.05) is 6.07 Å². The molecule has 7 heteroatoms. The first kappa shape index (κ1) is 13.4. The molecule has 0 atom stereocenters. The lowest BCUT2D eigenvalue weighted by atomic mass is 10.2. The van der Waals surface area contributed by atoms with E-state index < -0.39 is 0 Å². The number of thioether (sulfide) groups is 1. The lowest BCUT2D eigenvalue weighted by Crippen LogP contribution is -1.97. The number of H-pyrrole nitrogens is 1. The Morgan fingerprint density at radius 3 is 3.15 bits per heavy atom. The van der Waals surface area contributed by atoms with E-state index in [9.17, 15) is 0 Å². The number of anilines is 1. The molecule has 3 aromatic rings. The zero-order valence-corrected chi connectivity index (χ0v) is 12.9. The van der Waals surface area contributed by atoms with Crippen LogP contribution in [0.15, 0.2) is 23.4 Å². The Bertz CT molecular complexity index is 718. The van der Waals surface area contributed by atoms with Crippen molar-refractivity contribution in [3.05, 3.63) is 29.5 Å². The normalized spacial score (nSPS) is 11.1. The highest BCUT2D eigenvalue weighted by molar-refractivity contribution is 7.98. The first-order valence-corrected chi connectivity index (χ1v) is 8.16. The summed E-state index contributed by atoms with van der Waals surface area (Å²) in [5.41, 5.74) is 4.30. The molecule has 2 N–H and O–H groups in total. The van der Waals surface area contributed by atoms with E-state index in [4.69, 9.17) is 0 Å². The van der Waals surface area contributed by atoms with Gasteiger partial charge in [-0.1, -0.05) is 22.3 Å². The maximum absolute atomic E-state index is 4.57. The van der Waals surface area contributed by atoms with Crippen molar-refractivity contribution in [3.8, 4) is 0 Å². The molecule has 20 heavy (non-hydrogen) atoms. The number of hydrogen-bond acceptors (Lipinski definition) is 6. The summed E-state index contributed by atoms with van der Waals surface area (Å²) in [6.07, 6.45) is 0. The molecule has 2 heterocycles. The molecule has 1 aromatic carbocycles. The molecule has 0 saturated heterocycles. The van der Waals surface area contributed by atoms with Gasteiger partial charge in [-0.05, 0) is 31.5 Å². The second-order valence-corrected chi connectivity index (χ2v) is 6.15. The largest absolute Gasteiger partial charge is 0.374 e. The molecular formula is C13H15N5S2. The third-order valence-corrected chi connectivity index (χ3v) is 4.46. The van der Waals surface area contributed by atoms with E-state index >= 15 is 0 Å². The van der Waals surface area contributed by atoms with Crippen molar-refractivity contribution < 1.29 is 0 Å². The second-order valence-electron chi connectivity index (χ2n) is 4.43. The summed E-state index contributed by atoms with van der Waals surface area (Å²) in [4.78, 5) is 7.91. The minimum absolute atomic E-state index is 0.762. The van der Waals surface area contributed by atoms with E-state index in [0.717, 1.165) is 39.2 Å². The Hall–Kier alpha value is -1.60. The smallest absolute Gasteiger partial charge is 0.166 e. The summed E-state index contributed by atoms with van der Waals surface area (Å²) in [6, 6.07) is 6.23. The maximum Gasteiger partial charge on any atom is 0.166 e. The number of hydrogen-bond donors (Lipinski definition) is 2. The minimum Gasteiger partial charge on any atom is -0.374 e. The molecule has 0 radical (unpaired) electrons. The van der Waals surface area contributed by atoms with Gasteiger partial charge in [-0.25, -0.2) is 4.98 Å². The zero-order chi connectivity index (χ0) is 13.9. The van der Waals surface area contributed by atoms with Crippen LogP contribution in [0.4, 0.5) is 5.00 Å². The lowest BCUT2D eigenvalue weighted by Gasteiger charge is -2.00. The topological polar surface area (TPSA) is 66.5 Å². The van der Waals surface area contributed by atoms with Gasteiger partial charge < -0.3 is 10.3 Å². The molecule has 3 rings (SSSR count). The molecule has 0 unspecified atom stereocenters. The fraction of sp³-hybridized carbons (Fsp3) is 0.308. The summed E-state index contributed by atoms with van der Waals surface area (Å²) >= 11 is 3.05. The molecule has 104 valence electrons. The number of nitrogens with zero attached hydrogens (tertiary/aromatic N) is 3. The number of fused-ring (bicyclic) bond motifs is 1. The average molecular weight is 305 g/mol. The summed E-state index contributed by atoms with van der Waals surface area (Å²) in [6.45, 7) is 5.03. The van der Waals surface area contributed by atoms with Crippen LogP contribution in [-0.4, -0.2) is 26.1 Å². The van der Waals surface area contributed by atoms with Gasteiger partial charge in [-0.2, -0.15) is 0 Å². The van der Waals surface area contributed by atoms with Crippen molar-refractivity contribution in [3.63, 3.8) is 0 Å². The van der Waals surface area contributed by atoms with Gasteiger partial charge in [0.25, 0.3) is 0 Å². The van der Waals surface area contributed by atoms with E-state index in [1.165, 1.54) is 17.1 Å². The van der Waals surface area contributed by atoms with Crippen molar-refractivity contribution >= 4 is 39.3 Å².